The van der Waals surface area contributed by atoms with E-state index >= 15 is 0 Å². The Labute approximate surface area is 116 Å². The Hall–Kier alpha value is -1.51. The molecule has 19 heavy (non-hydrogen) atoms. The van der Waals surface area contributed by atoms with Crippen LogP contribution < -0.4 is 10.0 Å². The number of anilines is 1. The van der Waals surface area contributed by atoms with E-state index in [0.717, 1.165) is 5.69 Å². The van der Waals surface area contributed by atoms with Gasteiger partial charge in [0.15, 0.2) is 0 Å². The van der Waals surface area contributed by atoms with Crippen molar-refractivity contribution in [2.75, 3.05) is 18.9 Å². The van der Waals surface area contributed by atoms with Crippen molar-refractivity contribution in [3.05, 3.63) is 34.9 Å². The van der Waals surface area contributed by atoms with Gasteiger partial charge >= 0.3 is 0 Å². The Balaban J connectivity index is 2.05. The van der Waals surface area contributed by atoms with Gasteiger partial charge in [0.05, 0.1) is 11.2 Å². The molecule has 0 spiro atoms. The molecule has 0 bridgehead atoms. The van der Waals surface area contributed by atoms with Crippen molar-refractivity contribution in [3.63, 3.8) is 0 Å². The Kier molecular flexibility index (Phi) is 4.46. The van der Waals surface area contributed by atoms with Crippen molar-refractivity contribution >= 4 is 27.2 Å². The van der Waals surface area contributed by atoms with Gasteiger partial charge in [0.25, 0.3) is 0 Å². The van der Waals surface area contributed by atoms with Gasteiger partial charge in [0.2, 0.25) is 10.0 Å². The zero-order valence-electron chi connectivity index (χ0n) is 10.3. The molecule has 0 unspecified atom stereocenters. The molecule has 2 N–H and O–H groups in total. The van der Waals surface area contributed by atoms with Crippen LogP contribution in [-0.4, -0.2) is 32.0 Å². The Morgan fingerprint density at radius 1 is 1.37 bits per heavy atom. The third kappa shape index (κ3) is 3.49. The van der Waals surface area contributed by atoms with Crippen molar-refractivity contribution in [2.24, 2.45) is 0 Å². The lowest BCUT2D eigenvalue weighted by Crippen LogP contribution is -2.27. The van der Waals surface area contributed by atoms with E-state index in [9.17, 15) is 8.42 Å². The highest BCUT2D eigenvalue weighted by Gasteiger charge is 2.18. The summed E-state index contributed by atoms with van der Waals surface area (Å²) in [7, 11) is -1.92. The molecule has 8 heteroatoms. The molecule has 0 amide bonds. The SMILES string of the molecule is CNc1ncccc1S(=O)(=O)NCCc1cscn1. The van der Waals surface area contributed by atoms with Gasteiger partial charge in [-0.25, -0.2) is 23.1 Å². The van der Waals surface area contributed by atoms with Crippen molar-refractivity contribution in [1.82, 2.24) is 14.7 Å². The molecule has 6 nitrogen and oxygen atoms in total. The summed E-state index contributed by atoms with van der Waals surface area (Å²) in [6.45, 7) is 0.310. The molecule has 2 aromatic rings. The number of hydrogen-bond acceptors (Lipinski definition) is 6. The number of rotatable bonds is 6. The molecule has 0 aromatic carbocycles. The van der Waals surface area contributed by atoms with E-state index < -0.39 is 10.0 Å². The van der Waals surface area contributed by atoms with Gasteiger partial charge in [0, 0.05) is 31.6 Å². The minimum atomic E-state index is -3.56. The van der Waals surface area contributed by atoms with Crippen LogP contribution in [0.1, 0.15) is 5.69 Å². The minimum absolute atomic E-state index is 0.149. The smallest absolute Gasteiger partial charge is 0.244 e. The van der Waals surface area contributed by atoms with Gasteiger partial charge in [-0.1, -0.05) is 0 Å². The highest BCUT2D eigenvalue weighted by atomic mass is 32.2. The highest BCUT2D eigenvalue weighted by Crippen LogP contribution is 2.16. The number of thiazole rings is 1. The first-order valence-corrected chi connectivity index (χ1v) is 8.05. The second-order valence-electron chi connectivity index (χ2n) is 3.73. The maximum Gasteiger partial charge on any atom is 0.244 e. The zero-order valence-corrected chi connectivity index (χ0v) is 12.0. The first kappa shape index (κ1) is 13.9. The van der Waals surface area contributed by atoms with Crippen molar-refractivity contribution in [1.29, 1.82) is 0 Å². The Morgan fingerprint density at radius 3 is 2.89 bits per heavy atom. The molecule has 0 aliphatic carbocycles. The minimum Gasteiger partial charge on any atom is -0.372 e. The average molecular weight is 298 g/mol. The van der Waals surface area contributed by atoms with Crippen LogP contribution in [0.4, 0.5) is 5.82 Å². The second kappa shape index (κ2) is 6.09. The molecule has 0 atom stereocenters. The van der Waals surface area contributed by atoms with E-state index in [4.69, 9.17) is 0 Å². The van der Waals surface area contributed by atoms with E-state index in [0.29, 0.717) is 18.8 Å². The molecular formula is C11H14N4O2S2. The van der Waals surface area contributed by atoms with E-state index in [1.54, 1.807) is 24.8 Å². The fourth-order valence-corrected chi connectivity index (χ4v) is 3.33. The molecule has 2 aromatic heterocycles. The lowest BCUT2D eigenvalue weighted by atomic mass is 10.3. The third-order valence-corrected chi connectivity index (χ3v) is 4.58. The molecule has 2 heterocycles. The van der Waals surface area contributed by atoms with Gasteiger partial charge in [0.1, 0.15) is 10.7 Å². The summed E-state index contributed by atoms with van der Waals surface area (Å²) in [6, 6.07) is 3.11. The predicted octanol–water partition coefficient (Wildman–Crippen LogP) is 1.10. The molecule has 0 aliphatic rings. The molecule has 0 aliphatic heterocycles. The summed E-state index contributed by atoms with van der Waals surface area (Å²) in [5.41, 5.74) is 2.61. The van der Waals surface area contributed by atoms with Crippen LogP contribution in [0.15, 0.2) is 34.1 Å². The van der Waals surface area contributed by atoms with Gasteiger partial charge in [-0.3, -0.25) is 0 Å². The second-order valence-corrected chi connectivity index (χ2v) is 6.18. The van der Waals surface area contributed by atoms with Gasteiger partial charge in [-0.05, 0) is 12.1 Å². The van der Waals surface area contributed by atoms with Crippen molar-refractivity contribution in [2.45, 2.75) is 11.3 Å². The Bertz CT molecular complexity index is 626. The van der Waals surface area contributed by atoms with Crippen LogP contribution >= 0.6 is 11.3 Å². The zero-order chi connectivity index (χ0) is 13.7. The fraction of sp³-hybridized carbons (Fsp3) is 0.273. The summed E-state index contributed by atoms with van der Waals surface area (Å²) < 4.78 is 26.8. The molecule has 2 rings (SSSR count). The topological polar surface area (TPSA) is 84.0 Å². The Morgan fingerprint density at radius 2 is 2.21 bits per heavy atom. The number of hydrogen-bond donors (Lipinski definition) is 2. The van der Waals surface area contributed by atoms with Crippen molar-refractivity contribution < 1.29 is 8.42 Å². The normalized spacial score (nSPS) is 11.4. The van der Waals surface area contributed by atoms with Crippen LogP contribution in [0, 0.1) is 0 Å². The van der Waals surface area contributed by atoms with Crippen LogP contribution in [0.5, 0.6) is 0 Å². The standard InChI is InChI=1S/C11H14N4O2S2/c1-12-11-10(3-2-5-13-11)19(16,17)15-6-4-9-7-18-8-14-9/h2-3,5,7-8,15H,4,6H2,1H3,(H,12,13). The third-order valence-electron chi connectivity index (χ3n) is 2.45. The number of sulfonamides is 1. The largest absolute Gasteiger partial charge is 0.372 e. The molecule has 0 fully saturated rings. The lowest BCUT2D eigenvalue weighted by Gasteiger charge is -2.09. The number of aromatic nitrogens is 2. The molecular weight excluding hydrogens is 284 g/mol. The molecule has 0 saturated heterocycles. The summed E-state index contributed by atoms with van der Waals surface area (Å²) in [6.07, 6.45) is 2.11. The van der Waals surface area contributed by atoms with E-state index in [2.05, 4.69) is 20.0 Å². The average Bonchev–Trinajstić information content (AvgIpc) is 2.91. The van der Waals surface area contributed by atoms with Gasteiger partial charge < -0.3 is 5.32 Å². The van der Waals surface area contributed by atoms with Crippen LogP contribution in [0.2, 0.25) is 0 Å². The summed E-state index contributed by atoms with van der Waals surface area (Å²) >= 11 is 1.49. The quantitative estimate of drug-likeness (QED) is 0.834. The maximum absolute atomic E-state index is 12.1. The summed E-state index contributed by atoms with van der Waals surface area (Å²) in [4.78, 5) is 8.23. The monoisotopic (exact) mass is 298 g/mol. The number of nitrogens with zero attached hydrogens (tertiary/aromatic N) is 2. The summed E-state index contributed by atoms with van der Waals surface area (Å²) in [5, 5.41) is 4.66. The van der Waals surface area contributed by atoms with Gasteiger partial charge in [-0.15, -0.1) is 11.3 Å². The lowest BCUT2D eigenvalue weighted by molar-refractivity contribution is 0.581. The summed E-state index contributed by atoms with van der Waals surface area (Å²) in [5.74, 6) is 0.337. The van der Waals surface area contributed by atoms with Crippen LogP contribution in [-0.2, 0) is 16.4 Å². The maximum atomic E-state index is 12.1. The van der Waals surface area contributed by atoms with E-state index in [1.807, 2.05) is 5.38 Å². The van der Waals surface area contributed by atoms with Crippen molar-refractivity contribution in [3.8, 4) is 0 Å². The first-order valence-electron chi connectivity index (χ1n) is 5.63. The van der Waals surface area contributed by atoms with Crippen LogP contribution in [0.3, 0.4) is 0 Å². The molecule has 102 valence electrons. The fourth-order valence-electron chi connectivity index (χ4n) is 1.55. The van der Waals surface area contributed by atoms with E-state index in [1.165, 1.54) is 17.4 Å². The highest BCUT2D eigenvalue weighted by molar-refractivity contribution is 7.89. The van der Waals surface area contributed by atoms with Gasteiger partial charge in [-0.2, -0.15) is 0 Å². The molecule has 0 radical (unpaired) electrons. The number of nitrogens with one attached hydrogen (secondary N) is 2. The van der Waals surface area contributed by atoms with Crippen LogP contribution in [0.25, 0.3) is 0 Å². The number of pyridine rings is 1. The predicted molar refractivity (Wildman–Crippen MR) is 74.8 cm³/mol. The molecule has 0 saturated carbocycles. The van der Waals surface area contributed by atoms with E-state index in [-0.39, 0.29) is 4.90 Å². The first-order chi connectivity index (χ1) is 9.13.